The van der Waals surface area contributed by atoms with Crippen LogP contribution in [0.25, 0.3) is 0 Å². The van der Waals surface area contributed by atoms with Gasteiger partial charge >= 0.3 is 5.97 Å². The first-order valence-corrected chi connectivity index (χ1v) is 8.58. The summed E-state index contributed by atoms with van der Waals surface area (Å²) in [6.07, 6.45) is 1.44. The highest BCUT2D eigenvalue weighted by Crippen LogP contribution is 2.23. The molecule has 1 heterocycles. The summed E-state index contributed by atoms with van der Waals surface area (Å²) in [6, 6.07) is 13.5. The van der Waals surface area contributed by atoms with Crippen molar-refractivity contribution < 1.29 is 23.9 Å². The zero-order chi connectivity index (χ0) is 19.2. The molecule has 2 aromatic carbocycles. The molecular formula is C20H20N2O5. The molecule has 0 radical (unpaired) electrons. The van der Waals surface area contributed by atoms with Crippen molar-refractivity contribution in [2.24, 2.45) is 0 Å². The van der Waals surface area contributed by atoms with E-state index in [1.807, 2.05) is 0 Å². The zero-order valence-corrected chi connectivity index (χ0v) is 14.9. The van der Waals surface area contributed by atoms with E-state index in [0.29, 0.717) is 23.4 Å². The summed E-state index contributed by atoms with van der Waals surface area (Å²) < 4.78 is 10.1. The van der Waals surface area contributed by atoms with E-state index in [-0.39, 0.29) is 18.4 Å². The van der Waals surface area contributed by atoms with E-state index in [1.54, 1.807) is 47.4 Å². The van der Waals surface area contributed by atoms with Gasteiger partial charge in [-0.1, -0.05) is 6.07 Å². The van der Waals surface area contributed by atoms with Crippen LogP contribution in [0.4, 0.5) is 11.4 Å². The molecule has 140 valence electrons. The standard InChI is InChI=1S/C20H20N2O5/c1-26-20(25)14-4-2-5-17(12-14)27-13-18(23)21-15-7-9-16(10-8-15)22-11-3-6-19(22)24/h2,4-5,7-10,12H,3,6,11,13H2,1H3,(H,21,23). The Morgan fingerprint density at radius 2 is 1.93 bits per heavy atom. The fourth-order valence-corrected chi connectivity index (χ4v) is 2.82. The molecule has 7 nitrogen and oxygen atoms in total. The molecule has 0 unspecified atom stereocenters. The van der Waals surface area contributed by atoms with Gasteiger partial charge in [0.15, 0.2) is 6.61 Å². The Morgan fingerprint density at radius 1 is 1.15 bits per heavy atom. The molecular weight excluding hydrogens is 348 g/mol. The monoisotopic (exact) mass is 368 g/mol. The number of methoxy groups -OCH3 is 1. The minimum Gasteiger partial charge on any atom is -0.484 e. The highest BCUT2D eigenvalue weighted by Gasteiger charge is 2.21. The number of anilines is 2. The average Bonchev–Trinajstić information content (AvgIpc) is 3.12. The van der Waals surface area contributed by atoms with Crippen LogP contribution in [0.3, 0.4) is 0 Å². The molecule has 0 aromatic heterocycles. The SMILES string of the molecule is COC(=O)c1cccc(OCC(=O)Nc2ccc(N3CCCC3=O)cc2)c1. The fraction of sp³-hybridized carbons (Fsp3) is 0.250. The number of carbonyl (C=O) groups excluding carboxylic acids is 3. The van der Waals surface area contributed by atoms with Crippen molar-refractivity contribution in [3.8, 4) is 5.75 Å². The third-order valence-corrected chi connectivity index (χ3v) is 4.16. The van der Waals surface area contributed by atoms with Crippen LogP contribution < -0.4 is 15.0 Å². The number of carbonyl (C=O) groups is 3. The van der Waals surface area contributed by atoms with Gasteiger partial charge in [0.25, 0.3) is 5.91 Å². The molecule has 0 aliphatic carbocycles. The van der Waals surface area contributed by atoms with E-state index in [9.17, 15) is 14.4 Å². The van der Waals surface area contributed by atoms with Crippen molar-refractivity contribution in [3.05, 3.63) is 54.1 Å². The Labute approximate surface area is 156 Å². The number of ether oxygens (including phenoxy) is 2. The maximum atomic E-state index is 12.1. The first kappa shape index (κ1) is 18.4. The molecule has 3 rings (SSSR count). The summed E-state index contributed by atoms with van der Waals surface area (Å²) in [4.78, 5) is 37.1. The van der Waals surface area contributed by atoms with Crippen LogP contribution in [-0.4, -0.2) is 38.0 Å². The van der Waals surface area contributed by atoms with Crippen LogP contribution in [0.5, 0.6) is 5.75 Å². The van der Waals surface area contributed by atoms with Crippen LogP contribution in [0.1, 0.15) is 23.2 Å². The van der Waals surface area contributed by atoms with Crippen LogP contribution >= 0.6 is 0 Å². The normalized spacial score (nSPS) is 13.4. The third kappa shape index (κ3) is 4.63. The highest BCUT2D eigenvalue weighted by atomic mass is 16.5. The van der Waals surface area contributed by atoms with Gasteiger partial charge in [0.05, 0.1) is 12.7 Å². The van der Waals surface area contributed by atoms with E-state index >= 15 is 0 Å². The van der Waals surface area contributed by atoms with Crippen molar-refractivity contribution in [1.82, 2.24) is 0 Å². The molecule has 0 spiro atoms. The second-order valence-corrected chi connectivity index (χ2v) is 6.05. The van der Waals surface area contributed by atoms with Crippen molar-refractivity contribution in [2.75, 3.05) is 30.5 Å². The molecule has 1 aliphatic heterocycles. The topological polar surface area (TPSA) is 84.9 Å². The Hall–Kier alpha value is -3.35. The number of hydrogen-bond donors (Lipinski definition) is 1. The predicted octanol–water partition coefficient (Wildman–Crippen LogP) is 2.62. The zero-order valence-electron chi connectivity index (χ0n) is 14.9. The molecule has 2 aromatic rings. The van der Waals surface area contributed by atoms with Crippen molar-refractivity contribution in [1.29, 1.82) is 0 Å². The largest absolute Gasteiger partial charge is 0.484 e. The molecule has 0 atom stereocenters. The van der Waals surface area contributed by atoms with Gasteiger partial charge in [-0.2, -0.15) is 0 Å². The summed E-state index contributed by atoms with van der Waals surface area (Å²) in [7, 11) is 1.30. The lowest BCUT2D eigenvalue weighted by molar-refractivity contribution is -0.118. The van der Waals surface area contributed by atoms with Crippen LogP contribution in [0, 0.1) is 0 Å². The maximum Gasteiger partial charge on any atom is 0.337 e. The number of rotatable bonds is 6. The smallest absolute Gasteiger partial charge is 0.337 e. The summed E-state index contributed by atoms with van der Waals surface area (Å²) in [5.41, 5.74) is 1.79. The van der Waals surface area contributed by atoms with Gasteiger partial charge in [0.2, 0.25) is 5.91 Å². The average molecular weight is 368 g/mol. The van der Waals surface area contributed by atoms with E-state index < -0.39 is 5.97 Å². The molecule has 1 aliphatic rings. The highest BCUT2D eigenvalue weighted by molar-refractivity contribution is 5.96. The molecule has 1 fully saturated rings. The molecule has 0 saturated carbocycles. The van der Waals surface area contributed by atoms with Gasteiger partial charge in [-0.05, 0) is 48.9 Å². The van der Waals surface area contributed by atoms with E-state index in [0.717, 1.165) is 18.7 Å². The first-order valence-electron chi connectivity index (χ1n) is 8.58. The van der Waals surface area contributed by atoms with Crippen molar-refractivity contribution >= 4 is 29.2 Å². The van der Waals surface area contributed by atoms with Crippen molar-refractivity contribution in [3.63, 3.8) is 0 Å². The van der Waals surface area contributed by atoms with Gasteiger partial charge < -0.3 is 19.7 Å². The molecule has 27 heavy (non-hydrogen) atoms. The van der Waals surface area contributed by atoms with Crippen LogP contribution in [0.15, 0.2) is 48.5 Å². The molecule has 1 saturated heterocycles. The summed E-state index contributed by atoms with van der Waals surface area (Å²) in [5.74, 6) is -0.282. The Morgan fingerprint density at radius 3 is 2.59 bits per heavy atom. The lowest BCUT2D eigenvalue weighted by atomic mass is 10.2. The van der Waals surface area contributed by atoms with Crippen LogP contribution in [-0.2, 0) is 14.3 Å². The van der Waals surface area contributed by atoms with Gasteiger partial charge in [-0.3, -0.25) is 9.59 Å². The molecule has 2 amide bonds. The lowest BCUT2D eigenvalue weighted by Crippen LogP contribution is -2.23. The molecule has 7 heteroatoms. The second kappa shape index (κ2) is 8.35. The Bertz CT molecular complexity index is 848. The second-order valence-electron chi connectivity index (χ2n) is 6.05. The van der Waals surface area contributed by atoms with E-state index in [2.05, 4.69) is 10.1 Å². The number of benzene rings is 2. The number of nitrogens with one attached hydrogen (secondary N) is 1. The molecule has 0 bridgehead atoms. The van der Waals surface area contributed by atoms with Gasteiger partial charge in [-0.25, -0.2) is 4.79 Å². The Balaban J connectivity index is 1.53. The van der Waals surface area contributed by atoms with Crippen LogP contribution in [0.2, 0.25) is 0 Å². The minimum atomic E-state index is -0.471. The maximum absolute atomic E-state index is 12.1. The predicted molar refractivity (Wildman–Crippen MR) is 99.9 cm³/mol. The quantitative estimate of drug-likeness (QED) is 0.793. The van der Waals surface area contributed by atoms with Crippen molar-refractivity contribution in [2.45, 2.75) is 12.8 Å². The summed E-state index contributed by atoms with van der Waals surface area (Å²) in [6.45, 7) is 0.528. The van der Waals surface area contributed by atoms with Gasteiger partial charge in [-0.15, -0.1) is 0 Å². The van der Waals surface area contributed by atoms with E-state index in [4.69, 9.17) is 4.74 Å². The lowest BCUT2D eigenvalue weighted by Gasteiger charge is -2.16. The fourth-order valence-electron chi connectivity index (χ4n) is 2.82. The summed E-state index contributed by atoms with van der Waals surface area (Å²) in [5, 5.41) is 2.73. The number of hydrogen-bond acceptors (Lipinski definition) is 5. The number of nitrogens with zero attached hydrogens (tertiary/aromatic N) is 1. The Kier molecular flexibility index (Phi) is 5.71. The van der Waals surface area contributed by atoms with Gasteiger partial charge in [0, 0.05) is 24.3 Å². The minimum absolute atomic E-state index is 0.120. The number of esters is 1. The number of amides is 2. The third-order valence-electron chi connectivity index (χ3n) is 4.16. The summed E-state index contributed by atoms with van der Waals surface area (Å²) >= 11 is 0. The van der Waals surface area contributed by atoms with E-state index in [1.165, 1.54) is 13.2 Å². The van der Waals surface area contributed by atoms with Gasteiger partial charge in [0.1, 0.15) is 5.75 Å². The first-order chi connectivity index (χ1) is 13.1. The molecule has 1 N–H and O–H groups in total.